The third kappa shape index (κ3) is 2.32. The number of carbonyl (C=O) groups excluding carboxylic acids is 1. The van der Waals surface area contributed by atoms with Gasteiger partial charge in [-0.1, -0.05) is 6.92 Å². The number of ketones is 1. The first-order chi connectivity index (χ1) is 5.70. The summed E-state index contributed by atoms with van der Waals surface area (Å²) >= 11 is 0. The van der Waals surface area contributed by atoms with Gasteiger partial charge in [0.2, 0.25) is 0 Å². The average Bonchev–Trinajstić information content (AvgIpc) is 2.04. The number of rotatable bonds is 0. The summed E-state index contributed by atoms with van der Waals surface area (Å²) in [6.45, 7) is 3.73. The Morgan fingerprint density at radius 1 is 1.46 bits per heavy atom. The van der Waals surface area contributed by atoms with Gasteiger partial charge in [0.05, 0.1) is 0 Å². The van der Waals surface area contributed by atoms with Crippen LogP contribution < -0.4 is 58.2 Å². The van der Waals surface area contributed by atoms with E-state index in [-0.39, 0.29) is 64.1 Å². The molecule has 2 aliphatic heterocycles. The molecule has 2 rings (SSSR count). The number of likely N-dealkylation sites (N-methyl/N-ethyl adjacent to an activating group) is 1. The second kappa shape index (κ2) is 4.95. The van der Waals surface area contributed by atoms with Crippen molar-refractivity contribution in [3.8, 4) is 0 Å². The van der Waals surface area contributed by atoms with Gasteiger partial charge in [-0.2, -0.15) is 0 Å². The normalized spacial score (nSPS) is 39.8. The Hall–Kier alpha value is 1.40. The molecule has 0 spiro atoms. The second-order valence-corrected chi connectivity index (χ2v) is 3.93. The number of carbonyl (C=O) groups is 1. The Morgan fingerprint density at radius 2 is 2.15 bits per heavy atom. The Bertz CT molecular complexity index is 210. The third-order valence-corrected chi connectivity index (χ3v) is 3.28. The molecular formula is C9H15N2ORb. The molecule has 0 radical (unpaired) electrons. The van der Waals surface area contributed by atoms with Gasteiger partial charge in [0.25, 0.3) is 0 Å². The van der Waals surface area contributed by atoms with Crippen LogP contribution in [0.25, 0.3) is 5.32 Å². The zero-order valence-electron chi connectivity index (χ0n) is 8.66. The molecule has 4 heteroatoms. The minimum Gasteiger partial charge on any atom is -0.660 e. The molecule has 0 saturated carbocycles. The van der Waals surface area contributed by atoms with Gasteiger partial charge >= 0.3 is 58.2 Å². The Balaban J connectivity index is 0.000000845. The van der Waals surface area contributed by atoms with Crippen molar-refractivity contribution >= 4 is 5.78 Å². The molecule has 2 aliphatic rings. The zero-order valence-corrected chi connectivity index (χ0v) is 13.6. The largest absolute Gasteiger partial charge is 1.00 e. The number of hydrogen-bond donors (Lipinski definition) is 0. The summed E-state index contributed by atoms with van der Waals surface area (Å²) in [6.07, 6.45) is 0.706. The predicted molar refractivity (Wildman–Crippen MR) is 47.2 cm³/mol. The molecule has 0 amide bonds. The van der Waals surface area contributed by atoms with Crippen LogP contribution in [0.1, 0.15) is 13.3 Å². The van der Waals surface area contributed by atoms with Crippen molar-refractivity contribution in [3.63, 3.8) is 0 Å². The first-order valence-corrected chi connectivity index (χ1v) is 4.58. The van der Waals surface area contributed by atoms with Crippen molar-refractivity contribution in [2.75, 3.05) is 20.1 Å². The van der Waals surface area contributed by atoms with E-state index in [9.17, 15) is 4.79 Å². The number of Topliss-reactive ketones (excluding diaryl/α,β-unsaturated/α-hetero) is 1. The van der Waals surface area contributed by atoms with Crippen molar-refractivity contribution in [3.05, 3.63) is 5.32 Å². The van der Waals surface area contributed by atoms with E-state index in [2.05, 4.69) is 17.3 Å². The van der Waals surface area contributed by atoms with E-state index >= 15 is 0 Å². The van der Waals surface area contributed by atoms with Crippen molar-refractivity contribution in [1.82, 2.24) is 4.90 Å². The molecule has 2 bridgehead atoms. The van der Waals surface area contributed by atoms with Crippen molar-refractivity contribution < 1.29 is 63.0 Å². The minimum atomic E-state index is 0. The molecule has 0 aromatic carbocycles. The first kappa shape index (κ1) is 12.5. The maximum absolute atomic E-state index is 11.5. The monoisotopic (exact) mass is 252 g/mol. The van der Waals surface area contributed by atoms with Gasteiger partial charge in [-0.15, -0.1) is 13.1 Å². The predicted octanol–water partition coefficient (Wildman–Crippen LogP) is -2.34. The van der Waals surface area contributed by atoms with E-state index in [1.54, 1.807) is 0 Å². The summed E-state index contributed by atoms with van der Waals surface area (Å²) in [5, 5.41) is 4.40. The molecular weight excluding hydrogens is 238 g/mol. The molecule has 2 fully saturated rings. The van der Waals surface area contributed by atoms with Crippen LogP contribution in [0.4, 0.5) is 0 Å². The fourth-order valence-electron chi connectivity index (χ4n) is 2.24. The van der Waals surface area contributed by atoms with Gasteiger partial charge < -0.3 is 10.2 Å². The van der Waals surface area contributed by atoms with Crippen LogP contribution in [0, 0.1) is 5.92 Å². The van der Waals surface area contributed by atoms with Crippen LogP contribution in [0.3, 0.4) is 0 Å². The Kier molecular flexibility index (Phi) is 4.74. The van der Waals surface area contributed by atoms with E-state index in [4.69, 9.17) is 0 Å². The summed E-state index contributed by atoms with van der Waals surface area (Å²) < 4.78 is 0. The van der Waals surface area contributed by atoms with Gasteiger partial charge in [-0.3, -0.25) is 4.79 Å². The van der Waals surface area contributed by atoms with E-state index < -0.39 is 0 Å². The molecule has 68 valence electrons. The zero-order chi connectivity index (χ0) is 8.72. The van der Waals surface area contributed by atoms with E-state index in [1.165, 1.54) is 0 Å². The molecule has 0 N–H and O–H groups in total. The number of nitrogens with zero attached hydrogens (tertiary/aromatic N) is 2. The first-order valence-electron chi connectivity index (χ1n) is 4.58. The number of piperidine rings is 1. The topological polar surface area (TPSA) is 34.4 Å². The minimum absolute atomic E-state index is 0. The molecule has 2 saturated heterocycles. The number of piperazine rings is 1. The number of fused-ring (bicyclic) bond motifs is 2. The van der Waals surface area contributed by atoms with Crippen LogP contribution in [0.2, 0.25) is 0 Å². The third-order valence-electron chi connectivity index (χ3n) is 3.28. The van der Waals surface area contributed by atoms with Crippen molar-refractivity contribution in [1.29, 1.82) is 0 Å². The van der Waals surface area contributed by atoms with Crippen LogP contribution in [0.15, 0.2) is 0 Å². The standard InChI is InChI=1S/C9H15N2O.Rb/c1-6-8-5-10-4-7(11(8)2)3-9(6)12;/h6-8H,3-5H2,1-2H3;/q-1;+1. The molecule has 3 atom stereocenters. The molecule has 0 aromatic rings. The summed E-state index contributed by atoms with van der Waals surface area (Å²) in [4.78, 5) is 13.8. The summed E-state index contributed by atoms with van der Waals surface area (Å²) in [5.74, 6) is 0.619. The fourth-order valence-corrected chi connectivity index (χ4v) is 2.24. The second-order valence-electron chi connectivity index (χ2n) is 3.93. The van der Waals surface area contributed by atoms with E-state index in [0.717, 1.165) is 13.1 Å². The van der Waals surface area contributed by atoms with Gasteiger partial charge in [0.15, 0.2) is 0 Å². The molecule has 0 aromatic heterocycles. The Morgan fingerprint density at radius 3 is 2.85 bits per heavy atom. The van der Waals surface area contributed by atoms with Crippen LogP contribution in [-0.2, 0) is 4.79 Å². The maximum atomic E-state index is 11.5. The smallest absolute Gasteiger partial charge is 0.660 e. The molecule has 3 nitrogen and oxygen atoms in total. The van der Waals surface area contributed by atoms with Gasteiger partial charge in [0, 0.05) is 18.4 Å². The molecule has 13 heavy (non-hydrogen) atoms. The van der Waals surface area contributed by atoms with Crippen LogP contribution in [0.5, 0.6) is 0 Å². The van der Waals surface area contributed by atoms with Crippen molar-refractivity contribution in [2.45, 2.75) is 25.4 Å². The van der Waals surface area contributed by atoms with Crippen LogP contribution in [-0.4, -0.2) is 42.9 Å². The van der Waals surface area contributed by atoms with Gasteiger partial charge in [0.1, 0.15) is 5.78 Å². The fraction of sp³-hybridized carbons (Fsp3) is 0.889. The number of hydrogen-bond acceptors (Lipinski definition) is 2. The molecule has 3 unspecified atom stereocenters. The maximum Gasteiger partial charge on any atom is 1.00 e. The molecule has 2 heterocycles. The van der Waals surface area contributed by atoms with E-state index in [0.29, 0.717) is 24.3 Å². The molecule has 0 aliphatic carbocycles. The Labute approximate surface area is 128 Å². The van der Waals surface area contributed by atoms with Crippen molar-refractivity contribution in [2.24, 2.45) is 5.92 Å². The van der Waals surface area contributed by atoms with Gasteiger partial charge in [-0.25, -0.2) is 0 Å². The quantitative estimate of drug-likeness (QED) is 0.484. The average molecular weight is 253 g/mol. The summed E-state index contributed by atoms with van der Waals surface area (Å²) in [7, 11) is 2.12. The SMILES string of the molecule is CC1C(=O)CC2C[N-]CC1N2C.[Rb+]. The van der Waals surface area contributed by atoms with E-state index in [1.807, 2.05) is 6.92 Å². The van der Waals surface area contributed by atoms with Gasteiger partial charge in [-0.05, 0) is 13.1 Å². The van der Waals surface area contributed by atoms with Crippen LogP contribution >= 0.6 is 0 Å². The summed E-state index contributed by atoms with van der Waals surface area (Å²) in [6, 6.07) is 0.775. The summed E-state index contributed by atoms with van der Waals surface area (Å²) in [5.41, 5.74) is 0.